The van der Waals surface area contributed by atoms with Crippen molar-refractivity contribution in [3.8, 4) is 0 Å². The molecule has 0 radical (unpaired) electrons. The van der Waals surface area contributed by atoms with Gasteiger partial charge in [-0.3, -0.25) is 0 Å². The monoisotopic (exact) mass is 272 g/mol. The van der Waals surface area contributed by atoms with Gasteiger partial charge in [0.15, 0.2) is 0 Å². The van der Waals surface area contributed by atoms with Crippen LogP contribution in [-0.2, 0) is 0 Å². The fraction of sp³-hybridized carbons (Fsp3) is 0.667. The van der Waals surface area contributed by atoms with Gasteiger partial charge in [0.25, 0.3) is 0 Å². The summed E-state index contributed by atoms with van der Waals surface area (Å²) in [7, 11) is 0. The van der Waals surface area contributed by atoms with Gasteiger partial charge in [-0.15, -0.1) is 0 Å². The zero-order valence-corrected chi connectivity index (χ0v) is 12.7. The van der Waals surface area contributed by atoms with E-state index in [2.05, 4.69) is 42.2 Å². The predicted octanol–water partition coefficient (Wildman–Crippen LogP) is 3.67. The van der Waals surface area contributed by atoms with Crippen LogP contribution in [0.1, 0.15) is 39.0 Å². The van der Waals surface area contributed by atoms with Crippen molar-refractivity contribution in [3.63, 3.8) is 0 Å². The zero-order valence-electron chi connectivity index (χ0n) is 12.7. The second kappa shape index (κ2) is 6.17. The molecule has 1 aromatic carbocycles. The average molecular weight is 272 g/mol. The normalized spacial score (nSPS) is 31.7. The summed E-state index contributed by atoms with van der Waals surface area (Å²) >= 11 is 0. The highest BCUT2D eigenvalue weighted by Gasteiger charge is 2.46. The molecule has 3 rings (SSSR count). The lowest BCUT2D eigenvalue weighted by molar-refractivity contribution is 0.290. The van der Waals surface area contributed by atoms with Gasteiger partial charge in [0.2, 0.25) is 0 Å². The van der Waals surface area contributed by atoms with Crippen molar-refractivity contribution in [3.05, 3.63) is 30.3 Å². The largest absolute Gasteiger partial charge is 0.371 e. The van der Waals surface area contributed by atoms with Gasteiger partial charge in [-0.25, -0.2) is 0 Å². The van der Waals surface area contributed by atoms with Gasteiger partial charge < -0.3 is 10.6 Å². The SMILES string of the molecule is CCCCN(CC1C2CCC(C2)C1N)c1ccccc1. The number of hydrogen-bond donors (Lipinski definition) is 1. The quantitative estimate of drug-likeness (QED) is 0.856. The number of para-hydroxylation sites is 1. The van der Waals surface area contributed by atoms with Gasteiger partial charge in [-0.1, -0.05) is 31.5 Å². The first-order valence-corrected chi connectivity index (χ1v) is 8.35. The van der Waals surface area contributed by atoms with Crippen molar-refractivity contribution in [2.75, 3.05) is 18.0 Å². The van der Waals surface area contributed by atoms with Crippen LogP contribution in [0.25, 0.3) is 0 Å². The molecule has 2 nitrogen and oxygen atoms in total. The molecule has 1 aromatic rings. The molecule has 2 heteroatoms. The van der Waals surface area contributed by atoms with Gasteiger partial charge in [0, 0.05) is 24.8 Å². The topological polar surface area (TPSA) is 29.3 Å². The van der Waals surface area contributed by atoms with Crippen LogP contribution >= 0.6 is 0 Å². The lowest BCUT2D eigenvalue weighted by Gasteiger charge is -2.34. The molecule has 0 heterocycles. The third-order valence-corrected chi connectivity index (χ3v) is 5.49. The lowest BCUT2D eigenvalue weighted by Crippen LogP contribution is -2.43. The number of anilines is 1. The Morgan fingerprint density at radius 1 is 1.15 bits per heavy atom. The molecular weight excluding hydrogens is 244 g/mol. The van der Waals surface area contributed by atoms with Crippen LogP contribution in [0.4, 0.5) is 5.69 Å². The van der Waals surface area contributed by atoms with E-state index in [1.54, 1.807) is 0 Å². The highest BCUT2D eigenvalue weighted by molar-refractivity contribution is 5.46. The summed E-state index contributed by atoms with van der Waals surface area (Å²) < 4.78 is 0. The van der Waals surface area contributed by atoms with Gasteiger partial charge in [0.05, 0.1) is 0 Å². The number of nitrogens with two attached hydrogens (primary N) is 1. The van der Waals surface area contributed by atoms with Crippen LogP contribution in [-0.4, -0.2) is 19.1 Å². The maximum atomic E-state index is 6.49. The summed E-state index contributed by atoms with van der Waals surface area (Å²) in [5.74, 6) is 2.42. The summed E-state index contributed by atoms with van der Waals surface area (Å²) in [6.07, 6.45) is 6.71. The minimum atomic E-state index is 0.446. The van der Waals surface area contributed by atoms with E-state index in [1.807, 2.05) is 0 Å². The average Bonchev–Trinajstić information content (AvgIpc) is 3.07. The summed E-state index contributed by atoms with van der Waals surface area (Å²) in [5.41, 5.74) is 7.86. The molecule has 0 aromatic heterocycles. The lowest BCUT2D eigenvalue weighted by atomic mass is 9.84. The van der Waals surface area contributed by atoms with E-state index in [0.717, 1.165) is 18.4 Å². The Kier molecular flexibility index (Phi) is 4.30. The molecule has 0 spiro atoms. The van der Waals surface area contributed by atoms with E-state index in [-0.39, 0.29) is 0 Å². The van der Waals surface area contributed by atoms with Crippen LogP contribution in [0, 0.1) is 17.8 Å². The van der Waals surface area contributed by atoms with Crippen molar-refractivity contribution < 1.29 is 0 Å². The summed E-state index contributed by atoms with van der Waals surface area (Å²) in [6, 6.07) is 11.3. The third-order valence-electron chi connectivity index (χ3n) is 5.49. The number of hydrogen-bond acceptors (Lipinski definition) is 2. The van der Waals surface area contributed by atoms with Crippen LogP contribution < -0.4 is 10.6 Å². The molecule has 0 aliphatic heterocycles. The van der Waals surface area contributed by atoms with E-state index in [4.69, 9.17) is 5.73 Å². The van der Waals surface area contributed by atoms with E-state index in [1.165, 1.54) is 44.3 Å². The number of fused-ring (bicyclic) bond motifs is 2. The molecule has 20 heavy (non-hydrogen) atoms. The molecule has 0 amide bonds. The minimum absolute atomic E-state index is 0.446. The summed E-state index contributed by atoms with van der Waals surface area (Å²) in [4.78, 5) is 2.58. The molecule has 0 saturated heterocycles. The van der Waals surface area contributed by atoms with Crippen molar-refractivity contribution >= 4 is 5.69 Å². The smallest absolute Gasteiger partial charge is 0.0366 e. The van der Waals surface area contributed by atoms with Gasteiger partial charge in [-0.2, -0.15) is 0 Å². The number of benzene rings is 1. The molecular formula is C18H28N2. The van der Waals surface area contributed by atoms with Crippen molar-refractivity contribution in [1.29, 1.82) is 0 Å². The number of rotatable bonds is 6. The highest BCUT2D eigenvalue weighted by Crippen LogP contribution is 2.48. The fourth-order valence-corrected chi connectivity index (χ4v) is 4.29. The van der Waals surface area contributed by atoms with Crippen molar-refractivity contribution in [1.82, 2.24) is 0 Å². The van der Waals surface area contributed by atoms with Crippen LogP contribution in [0.3, 0.4) is 0 Å². The van der Waals surface area contributed by atoms with E-state index >= 15 is 0 Å². The second-order valence-electron chi connectivity index (χ2n) is 6.71. The third kappa shape index (κ3) is 2.71. The first-order chi connectivity index (χ1) is 9.79. The molecule has 2 bridgehead atoms. The predicted molar refractivity (Wildman–Crippen MR) is 85.9 cm³/mol. The van der Waals surface area contributed by atoms with Crippen LogP contribution in [0.2, 0.25) is 0 Å². The van der Waals surface area contributed by atoms with Crippen LogP contribution in [0.5, 0.6) is 0 Å². The summed E-state index contributed by atoms with van der Waals surface area (Å²) in [6.45, 7) is 4.60. The molecule has 4 unspecified atom stereocenters. The number of nitrogens with zero attached hydrogens (tertiary/aromatic N) is 1. The van der Waals surface area contributed by atoms with Gasteiger partial charge in [-0.05, 0) is 55.6 Å². The molecule has 110 valence electrons. The molecule has 2 saturated carbocycles. The van der Waals surface area contributed by atoms with Crippen molar-refractivity contribution in [2.24, 2.45) is 23.5 Å². The maximum Gasteiger partial charge on any atom is 0.0366 e. The minimum Gasteiger partial charge on any atom is -0.371 e. The van der Waals surface area contributed by atoms with Gasteiger partial charge in [0.1, 0.15) is 0 Å². The standard InChI is InChI=1S/C18H28N2/c1-2-3-11-20(16-7-5-4-6-8-16)13-17-14-9-10-15(12-14)18(17)19/h4-8,14-15,17-18H,2-3,9-13,19H2,1H3. The van der Waals surface area contributed by atoms with E-state index < -0.39 is 0 Å². The Morgan fingerprint density at radius 3 is 2.55 bits per heavy atom. The van der Waals surface area contributed by atoms with E-state index in [0.29, 0.717) is 12.0 Å². The van der Waals surface area contributed by atoms with Gasteiger partial charge >= 0.3 is 0 Å². The summed E-state index contributed by atoms with van der Waals surface area (Å²) in [5, 5.41) is 0. The maximum absolute atomic E-state index is 6.49. The molecule has 2 fully saturated rings. The first kappa shape index (κ1) is 13.9. The Labute approximate surface area is 123 Å². The molecule has 4 atom stereocenters. The second-order valence-corrected chi connectivity index (χ2v) is 6.71. The van der Waals surface area contributed by atoms with E-state index in [9.17, 15) is 0 Å². The zero-order chi connectivity index (χ0) is 13.9. The molecule has 2 N–H and O–H groups in total. The van der Waals surface area contributed by atoms with Crippen molar-refractivity contribution in [2.45, 2.75) is 45.1 Å². The first-order valence-electron chi connectivity index (χ1n) is 8.35. The molecule has 2 aliphatic rings. The number of unbranched alkanes of at least 4 members (excludes halogenated alkanes) is 1. The Morgan fingerprint density at radius 2 is 1.90 bits per heavy atom. The van der Waals surface area contributed by atoms with Crippen LogP contribution in [0.15, 0.2) is 30.3 Å². The highest BCUT2D eigenvalue weighted by atomic mass is 15.1. The fourth-order valence-electron chi connectivity index (χ4n) is 4.29. The Hall–Kier alpha value is -1.02. The molecule has 2 aliphatic carbocycles. The Bertz CT molecular complexity index is 415. The Balaban J connectivity index is 1.70.